The van der Waals surface area contributed by atoms with Crippen LogP contribution >= 0.6 is 0 Å². The Morgan fingerprint density at radius 3 is 0.667 bits per heavy atom. The molecular formula is C30H64. The molecule has 4 rings (SSSR count). The van der Waals surface area contributed by atoms with Crippen LogP contribution in [0.5, 0.6) is 0 Å². The summed E-state index contributed by atoms with van der Waals surface area (Å²) >= 11 is 0. The van der Waals surface area contributed by atoms with Crippen LogP contribution in [0.4, 0.5) is 0 Å². The van der Waals surface area contributed by atoms with E-state index in [4.69, 9.17) is 0 Å². The number of rotatable bonds is 2. The fourth-order valence-corrected chi connectivity index (χ4v) is 4.96. The first-order valence-corrected chi connectivity index (χ1v) is 14.9. The van der Waals surface area contributed by atoms with Crippen LogP contribution in [0, 0.1) is 11.8 Å². The lowest BCUT2D eigenvalue weighted by Gasteiger charge is -2.18. The van der Waals surface area contributed by atoms with Crippen molar-refractivity contribution >= 4 is 0 Å². The molecule has 0 heterocycles. The summed E-state index contributed by atoms with van der Waals surface area (Å²) in [4.78, 5) is 0. The molecule has 4 saturated carbocycles. The van der Waals surface area contributed by atoms with Gasteiger partial charge in [-0.05, 0) is 11.8 Å². The predicted molar refractivity (Wildman–Crippen MR) is 143 cm³/mol. The van der Waals surface area contributed by atoms with E-state index in [2.05, 4.69) is 13.8 Å². The van der Waals surface area contributed by atoms with Gasteiger partial charge in [0.05, 0.1) is 0 Å². The molecule has 30 heavy (non-hydrogen) atoms. The average molecular weight is 425 g/mol. The Bertz CT molecular complexity index is 230. The van der Waals surface area contributed by atoms with Gasteiger partial charge in [-0.1, -0.05) is 183 Å². The monoisotopic (exact) mass is 425 g/mol. The highest BCUT2D eigenvalue weighted by atomic mass is 14.2. The number of hydrogen-bond donors (Lipinski definition) is 0. The van der Waals surface area contributed by atoms with E-state index in [0.29, 0.717) is 0 Å². The zero-order valence-corrected chi connectivity index (χ0v) is 22.7. The zero-order valence-electron chi connectivity index (χ0n) is 22.7. The zero-order chi connectivity index (χ0) is 22.7. The van der Waals surface area contributed by atoms with E-state index >= 15 is 0 Å². The minimum absolute atomic E-state index is 1.09. The van der Waals surface area contributed by atoms with Gasteiger partial charge in [-0.2, -0.15) is 0 Å². The molecule has 184 valence electrons. The van der Waals surface area contributed by atoms with Crippen molar-refractivity contribution < 1.29 is 0 Å². The van der Waals surface area contributed by atoms with Crippen LogP contribution in [0.2, 0.25) is 0 Å². The van der Waals surface area contributed by atoms with Crippen molar-refractivity contribution in [1.82, 2.24) is 0 Å². The van der Waals surface area contributed by atoms with Crippen LogP contribution in [0.25, 0.3) is 0 Å². The minimum atomic E-state index is 1.09. The Morgan fingerprint density at radius 1 is 0.333 bits per heavy atom. The average Bonchev–Trinajstić information content (AvgIpc) is 3.61. The van der Waals surface area contributed by atoms with Gasteiger partial charge in [-0.3, -0.25) is 0 Å². The van der Waals surface area contributed by atoms with Crippen LogP contribution in [0.1, 0.15) is 183 Å². The molecular weight excluding hydrogens is 360 g/mol. The van der Waals surface area contributed by atoms with Crippen LogP contribution in [0.3, 0.4) is 0 Å². The van der Waals surface area contributed by atoms with Crippen LogP contribution in [-0.2, 0) is 0 Å². The Balaban J connectivity index is 0. The second kappa shape index (κ2) is 29.0. The Kier molecular flexibility index (Phi) is 31.1. The second-order valence-electron chi connectivity index (χ2n) is 9.36. The molecule has 0 N–H and O–H groups in total. The summed E-state index contributed by atoms with van der Waals surface area (Å²) in [6.45, 7) is 12.6. The lowest BCUT2D eigenvalue weighted by atomic mass is 9.88. The molecule has 0 heteroatoms. The molecule has 4 aliphatic carbocycles. The second-order valence-corrected chi connectivity index (χ2v) is 9.36. The first-order valence-electron chi connectivity index (χ1n) is 14.9. The van der Waals surface area contributed by atoms with Crippen LogP contribution < -0.4 is 0 Å². The van der Waals surface area contributed by atoms with Crippen LogP contribution in [-0.4, -0.2) is 0 Å². The first-order chi connectivity index (χ1) is 14.9. The van der Waals surface area contributed by atoms with Gasteiger partial charge < -0.3 is 0 Å². The number of hydrogen-bond acceptors (Lipinski definition) is 0. The van der Waals surface area contributed by atoms with E-state index in [1.807, 2.05) is 27.7 Å². The SMILES string of the molecule is C1CCCC1.C1CCCCC1.CC.CC.CCC1CCCC1.CCC1CCCCC1. The third-order valence-electron chi connectivity index (χ3n) is 7.10. The van der Waals surface area contributed by atoms with Gasteiger partial charge in [0.1, 0.15) is 0 Å². The van der Waals surface area contributed by atoms with Gasteiger partial charge in [-0.25, -0.2) is 0 Å². The molecule has 0 spiro atoms. The standard InChI is InChI=1S/C8H16.C7H14.C6H12.C5H10.2C2H6/c1-2-8-6-4-3-5-7-8;1-2-7-5-3-4-6-7;1-2-4-6-5-3-1;1-2-4-5-3-1;2*1-2/h8H,2-7H2,1H3;7H,2-6H2,1H3;1-6H2;1-5H2;2*1-2H3. The van der Waals surface area contributed by atoms with Crippen molar-refractivity contribution in [3.05, 3.63) is 0 Å². The van der Waals surface area contributed by atoms with E-state index in [1.54, 1.807) is 0 Å². The third-order valence-corrected chi connectivity index (χ3v) is 7.10. The molecule has 0 saturated heterocycles. The van der Waals surface area contributed by atoms with Crippen molar-refractivity contribution in [1.29, 1.82) is 0 Å². The largest absolute Gasteiger partial charge is 0.0683 e. The summed E-state index contributed by atoms with van der Waals surface area (Å²) < 4.78 is 0. The maximum atomic E-state index is 2.32. The Hall–Kier alpha value is 0. The Morgan fingerprint density at radius 2 is 0.500 bits per heavy atom. The summed E-state index contributed by atoms with van der Waals surface area (Å²) in [6.07, 6.45) is 32.9. The molecule has 4 fully saturated rings. The van der Waals surface area contributed by atoms with Crippen molar-refractivity contribution in [3.8, 4) is 0 Å². The molecule has 0 bridgehead atoms. The maximum absolute atomic E-state index is 2.32. The lowest BCUT2D eigenvalue weighted by molar-refractivity contribution is 0.349. The quantitative estimate of drug-likeness (QED) is 0.413. The molecule has 0 atom stereocenters. The summed E-state index contributed by atoms with van der Waals surface area (Å²) in [5.41, 5.74) is 0. The molecule has 0 unspecified atom stereocenters. The predicted octanol–water partition coefficient (Wildman–Crippen LogP) is 11.9. The van der Waals surface area contributed by atoms with Gasteiger partial charge in [0.25, 0.3) is 0 Å². The van der Waals surface area contributed by atoms with Gasteiger partial charge in [0, 0.05) is 0 Å². The minimum Gasteiger partial charge on any atom is -0.0683 e. The summed E-state index contributed by atoms with van der Waals surface area (Å²) in [7, 11) is 0. The van der Waals surface area contributed by atoms with E-state index in [0.717, 1.165) is 11.8 Å². The molecule has 0 nitrogen and oxygen atoms in total. The van der Waals surface area contributed by atoms with Crippen molar-refractivity contribution in [2.45, 2.75) is 183 Å². The van der Waals surface area contributed by atoms with E-state index < -0.39 is 0 Å². The third kappa shape index (κ3) is 22.7. The van der Waals surface area contributed by atoms with Gasteiger partial charge >= 0.3 is 0 Å². The van der Waals surface area contributed by atoms with E-state index in [1.165, 1.54) is 141 Å². The normalized spacial score (nSPS) is 21.0. The first kappa shape index (κ1) is 32.2. The van der Waals surface area contributed by atoms with Gasteiger partial charge in [0.15, 0.2) is 0 Å². The van der Waals surface area contributed by atoms with Gasteiger partial charge in [-0.15, -0.1) is 0 Å². The molecule has 0 aromatic rings. The molecule has 0 aliphatic heterocycles. The lowest BCUT2D eigenvalue weighted by Crippen LogP contribution is -2.03. The molecule has 0 amide bonds. The molecule has 0 aromatic heterocycles. The van der Waals surface area contributed by atoms with Crippen molar-refractivity contribution in [2.75, 3.05) is 0 Å². The molecule has 0 radical (unpaired) electrons. The fourth-order valence-electron chi connectivity index (χ4n) is 4.96. The smallest absolute Gasteiger partial charge is 0.0417 e. The van der Waals surface area contributed by atoms with Crippen molar-refractivity contribution in [3.63, 3.8) is 0 Å². The molecule has 4 aliphatic rings. The fraction of sp³-hybridized carbons (Fsp3) is 1.00. The highest BCUT2D eigenvalue weighted by Crippen LogP contribution is 2.26. The maximum Gasteiger partial charge on any atom is -0.0417 e. The molecule has 0 aromatic carbocycles. The van der Waals surface area contributed by atoms with Crippen LogP contribution in [0.15, 0.2) is 0 Å². The van der Waals surface area contributed by atoms with Crippen molar-refractivity contribution in [2.24, 2.45) is 11.8 Å². The van der Waals surface area contributed by atoms with E-state index in [9.17, 15) is 0 Å². The Labute approximate surface area is 194 Å². The van der Waals surface area contributed by atoms with E-state index in [-0.39, 0.29) is 0 Å². The highest BCUT2D eigenvalue weighted by Gasteiger charge is 2.11. The highest BCUT2D eigenvalue weighted by molar-refractivity contribution is 4.64. The summed E-state index contributed by atoms with van der Waals surface area (Å²) in [5, 5.41) is 0. The topological polar surface area (TPSA) is 0 Å². The van der Waals surface area contributed by atoms with Gasteiger partial charge in [0.2, 0.25) is 0 Å². The summed E-state index contributed by atoms with van der Waals surface area (Å²) in [5.74, 6) is 2.18. The summed E-state index contributed by atoms with van der Waals surface area (Å²) in [6, 6.07) is 0.